The second-order valence-electron chi connectivity index (χ2n) is 0.964. The van der Waals surface area contributed by atoms with E-state index < -0.39 is 10.4 Å². The first-order valence-corrected chi connectivity index (χ1v) is 3.75. The number of nitrogens with zero attached hydrogens (tertiary/aromatic N) is 2. The summed E-state index contributed by atoms with van der Waals surface area (Å²) >= 11 is 0.436. The van der Waals surface area contributed by atoms with Gasteiger partial charge in [0.25, 0.3) is 0 Å². The molecule has 8 heteroatoms. The third-order valence-electron chi connectivity index (χ3n) is 0.420. The maximum absolute atomic E-state index is 9.96. The van der Waals surface area contributed by atoms with E-state index in [1.165, 1.54) is 5.40 Å². The highest BCUT2D eigenvalue weighted by Crippen LogP contribution is 2.24. The van der Waals surface area contributed by atoms with Gasteiger partial charge < -0.3 is 0 Å². The van der Waals surface area contributed by atoms with Crippen molar-refractivity contribution >= 4 is 22.3 Å². The van der Waals surface area contributed by atoms with Gasteiger partial charge in [-0.2, -0.15) is 13.7 Å². The Morgan fingerprint density at radius 2 is 2.11 bits per heavy atom. The predicted octanol–water partition coefficient (Wildman–Crippen LogP) is -0.461. The molecule has 1 rings (SSSR count). The molecule has 0 unspecified atom stereocenters. The lowest BCUT2D eigenvalue weighted by molar-refractivity contribution is -0.241. The van der Waals surface area contributed by atoms with Gasteiger partial charge in [-0.15, -0.1) is 8.57 Å². The fraction of sp³-hybridized carbons (Fsp3) is 0. The van der Waals surface area contributed by atoms with Crippen LogP contribution in [-0.2, 0) is 19.0 Å². The molecule has 1 aliphatic rings. The van der Waals surface area contributed by atoms with E-state index in [9.17, 15) is 8.42 Å². The molecule has 0 aromatic carbocycles. The van der Waals surface area contributed by atoms with E-state index in [1.54, 1.807) is 0 Å². The van der Waals surface area contributed by atoms with Crippen LogP contribution in [-0.4, -0.2) is 13.0 Å². The lowest BCUT2D eigenvalue weighted by Crippen LogP contribution is -2.36. The van der Waals surface area contributed by atoms with Crippen LogP contribution in [0.1, 0.15) is 0 Å². The third kappa shape index (κ3) is 1.54. The second kappa shape index (κ2) is 2.13. The number of rotatable bonds is 1. The first-order chi connectivity index (χ1) is 4.14. The fourth-order valence-electron chi connectivity index (χ4n) is 0.218. The standard InChI is InChI=1S/CN2O4S2/c2-1-8-3-6-9(4,5)7-3. The molecule has 0 bridgehead atoms. The van der Waals surface area contributed by atoms with Gasteiger partial charge in [-0.3, -0.25) is 0 Å². The summed E-state index contributed by atoms with van der Waals surface area (Å²) in [6, 6.07) is 0. The Hall–Kier alpha value is -0.330. The molecule has 6 nitrogen and oxygen atoms in total. The molecular weight excluding hydrogens is 168 g/mol. The van der Waals surface area contributed by atoms with Crippen LogP contribution >= 0.6 is 11.9 Å². The average Bonchev–Trinajstić information content (AvgIpc) is 1.62. The summed E-state index contributed by atoms with van der Waals surface area (Å²) in [5.41, 5.74) is 0. The minimum Gasteiger partial charge on any atom is -0.184 e. The monoisotopic (exact) mass is 168 g/mol. The minimum absolute atomic E-state index is 0.436. The number of hydrogen-bond acceptors (Lipinski definition) is 7. The number of thiocyanates is 1. The summed E-state index contributed by atoms with van der Waals surface area (Å²) in [6.45, 7) is 0. The largest absolute Gasteiger partial charge is 0.438 e. The molecule has 0 aromatic rings. The Labute approximate surface area is 55.3 Å². The van der Waals surface area contributed by atoms with Gasteiger partial charge in [-0.05, 0) is 0 Å². The van der Waals surface area contributed by atoms with E-state index in [0.717, 1.165) is 0 Å². The molecule has 0 aromatic heterocycles. The van der Waals surface area contributed by atoms with Crippen LogP contribution < -0.4 is 0 Å². The van der Waals surface area contributed by atoms with E-state index in [4.69, 9.17) is 5.26 Å². The molecule has 0 aliphatic carbocycles. The van der Waals surface area contributed by atoms with E-state index in [2.05, 4.69) is 8.57 Å². The molecule has 0 amide bonds. The average molecular weight is 168 g/mol. The molecule has 50 valence electrons. The van der Waals surface area contributed by atoms with Crippen molar-refractivity contribution in [3.05, 3.63) is 0 Å². The van der Waals surface area contributed by atoms with Crippen molar-refractivity contribution in [1.29, 1.82) is 5.26 Å². The molecule has 0 N–H and O–H groups in total. The van der Waals surface area contributed by atoms with Gasteiger partial charge in [-0.1, -0.05) is 0 Å². The summed E-state index contributed by atoms with van der Waals surface area (Å²) in [7, 11) is -3.80. The predicted molar refractivity (Wildman–Crippen MR) is 26.1 cm³/mol. The van der Waals surface area contributed by atoms with E-state index >= 15 is 0 Å². The van der Waals surface area contributed by atoms with Crippen molar-refractivity contribution in [2.24, 2.45) is 0 Å². The highest BCUT2D eigenvalue weighted by molar-refractivity contribution is 8.02. The first kappa shape index (κ1) is 6.79. The topological polar surface area (TPSA) is 79.6 Å². The highest BCUT2D eigenvalue weighted by Gasteiger charge is 2.36. The molecule has 1 fully saturated rings. The highest BCUT2D eigenvalue weighted by atomic mass is 32.3. The molecule has 0 atom stereocenters. The van der Waals surface area contributed by atoms with Gasteiger partial charge in [0.15, 0.2) is 5.40 Å². The first-order valence-electron chi connectivity index (χ1n) is 1.64. The molecule has 1 saturated heterocycles. The maximum Gasteiger partial charge on any atom is 0.438 e. The Balaban J connectivity index is 2.38. The summed E-state index contributed by atoms with van der Waals surface area (Å²) in [4.78, 5) is 0. The van der Waals surface area contributed by atoms with Crippen LogP contribution in [0.2, 0.25) is 0 Å². The minimum atomic E-state index is -3.80. The van der Waals surface area contributed by atoms with Crippen LogP contribution in [0.25, 0.3) is 0 Å². The molecule has 1 aliphatic heterocycles. The fourth-order valence-corrected chi connectivity index (χ4v) is 1.29. The molecule has 0 spiro atoms. The van der Waals surface area contributed by atoms with Gasteiger partial charge >= 0.3 is 10.4 Å². The van der Waals surface area contributed by atoms with Crippen LogP contribution in [0.4, 0.5) is 0 Å². The van der Waals surface area contributed by atoms with Crippen LogP contribution in [0.15, 0.2) is 0 Å². The van der Waals surface area contributed by atoms with Gasteiger partial charge in [0.2, 0.25) is 0 Å². The Morgan fingerprint density at radius 3 is 2.44 bits per heavy atom. The number of hydrogen-bond donors (Lipinski definition) is 0. The summed E-state index contributed by atoms with van der Waals surface area (Å²) in [5, 5.41) is 9.42. The second-order valence-corrected chi connectivity index (χ2v) is 2.74. The number of nitriles is 1. The normalized spacial score (nSPS) is 24.3. The zero-order valence-electron chi connectivity index (χ0n) is 3.84. The zero-order chi connectivity index (χ0) is 6.91. The molecule has 9 heavy (non-hydrogen) atoms. The van der Waals surface area contributed by atoms with E-state index in [1.807, 2.05) is 0 Å². The van der Waals surface area contributed by atoms with Crippen LogP contribution in [0, 0.1) is 10.7 Å². The molecule has 0 saturated carbocycles. The quantitative estimate of drug-likeness (QED) is 0.387. The summed E-state index contributed by atoms with van der Waals surface area (Å²) in [5.74, 6) is 0. The Kier molecular flexibility index (Phi) is 1.60. The van der Waals surface area contributed by atoms with Gasteiger partial charge in [0, 0.05) is 4.63 Å². The van der Waals surface area contributed by atoms with Crippen LogP contribution in [0.5, 0.6) is 0 Å². The SMILES string of the molecule is N#CSN1OS(=O)(=O)O1. The summed E-state index contributed by atoms with van der Waals surface area (Å²) < 4.78 is 28.2. The summed E-state index contributed by atoms with van der Waals surface area (Å²) in [6.07, 6.45) is 0. The van der Waals surface area contributed by atoms with Gasteiger partial charge in [-0.25, -0.2) is 0 Å². The molecular formula is CN2O4S2. The van der Waals surface area contributed by atoms with Crippen molar-refractivity contribution < 1.29 is 17.0 Å². The Morgan fingerprint density at radius 1 is 1.56 bits per heavy atom. The molecule has 0 radical (unpaired) electrons. The van der Waals surface area contributed by atoms with E-state index in [0.29, 0.717) is 16.6 Å². The van der Waals surface area contributed by atoms with Crippen molar-refractivity contribution in [2.75, 3.05) is 0 Å². The smallest absolute Gasteiger partial charge is 0.184 e. The van der Waals surface area contributed by atoms with E-state index in [-0.39, 0.29) is 0 Å². The van der Waals surface area contributed by atoms with Gasteiger partial charge in [0.1, 0.15) is 11.9 Å². The zero-order valence-corrected chi connectivity index (χ0v) is 5.48. The van der Waals surface area contributed by atoms with Crippen LogP contribution in [0.3, 0.4) is 0 Å². The van der Waals surface area contributed by atoms with Crippen molar-refractivity contribution in [3.63, 3.8) is 0 Å². The third-order valence-corrected chi connectivity index (χ3v) is 1.62. The van der Waals surface area contributed by atoms with Crippen molar-refractivity contribution in [1.82, 2.24) is 4.63 Å². The van der Waals surface area contributed by atoms with Crippen molar-refractivity contribution in [2.45, 2.75) is 0 Å². The lowest BCUT2D eigenvalue weighted by Gasteiger charge is -2.21. The Bertz CT molecular complexity index is 226. The van der Waals surface area contributed by atoms with Crippen molar-refractivity contribution in [3.8, 4) is 5.40 Å². The molecule has 1 heterocycles. The maximum atomic E-state index is 9.96. The lowest BCUT2D eigenvalue weighted by atomic mass is 11.8. The van der Waals surface area contributed by atoms with Gasteiger partial charge in [0.05, 0.1) is 0 Å².